The van der Waals surface area contributed by atoms with E-state index < -0.39 is 10.8 Å². The Morgan fingerprint density at radius 1 is 0.393 bits per heavy atom. The van der Waals surface area contributed by atoms with Crippen LogP contribution in [-0.2, 0) is 16.2 Å². The van der Waals surface area contributed by atoms with Gasteiger partial charge in [-0.3, -0.25) is 9.97 Å². The summed E-state index contributed by atoms with van der Waals surface area (Å²) >= 11 is 1.90. The molecule has 3 aliphatic carbocycles. The van der Waals surface area contributed by atoms with Crippen molar-refractivity contribution in [2.24, 2.45) is 0 Å². The third-order valence-corrected chi connectivity index (χ3v) is 15.8. The molecule has 1 atom stereocenters. The van der Waals surface area contributed by atoms with Crippen molar-refractivity contribution in [2.75, 3.05) is 4.90 Å². The molecule has 0 fully saturated rings. The summed E-state index contributed by atoms with van der Waals surface area (Å²) in [6.07, 6.45) is 4.00. The maximum Gasteiger partial charge on any atom is 0.0939 e. The average Bonchev–Trinajstić information content (AvgIpc) is 3.88. The molecule has 286 valence electrons. The first-order valence-corrected chi connectivity index (χ1v) is 22.0. The van der Waals surface area contributed by atoms with Gasteiger partial charge in [-0.1, -0.05) is 159 Å². The molecule has 2 aromatic heterocycles. The van der Waals surface area contributed by atoms with E-state index in [1.165, 1.54) is 99.1 Å². The van der Waals surface area contributed by atoms with Gasteiger partial charge in [0.05, 0.1) is 45.5 Å². The Balaban J connectivity index is 1.08. The second-order valence-electron chi connectivity index (χ2n) is 17.6. The predicted octanol–water partition coefficient (Wildman–Crippen LogP) is 13.8. The van der Waals surface area contributed by atoms with Crippen LogP contribution >= 0.6 is 11.8 Å². The standard InChI is InChI=1S/C57H37N3S/c1-55(2)42-22-9-12-26-49(42)60(50-27-13-10-23-43(50)55)34-30-48-54(59-33-34)53-45(25-15-29-58-53)57(48)44-24-11-14-28-51(44)61-52-32-46-38(31-47(52)57)37-18-5-8-21-41(37)56(46)39-19-6-3-16-35(39)36-17-4-7-20-40(36)56/h3-33H,1-2H3. The van der Waals surface area contributed by atoms with Crippen molar-refractivity contribution >= 4 is 28.8 Å². The Kier molecular flexibility index (Phi) is 6.44. The van der Waals surface area contributed by atoms with Crippen LogP contribution in [0.5, 0.6) is 0 Å². The Morgan fingerprint density at radius 3 is 1.56 bits per heavy atom. The van der Waals surface area contributed by atoms with Crippen LogP contribution in [0.4, 0.5) is 17.1 Å². The van der Waals surface area contributed by atoms with Crippen molar-refractivity contribution in [1.82, 2.24) is 9.97 Å². The first-order valence-electron chi connectivity index (χ1n) is 21.2. The van der Waals surface area contributed by atoms with Gasteiger partial charge in [-0.15, -0.1) is 0 Å². The van der Waals surface area contributed by atoms with Crippen LogP contribution in [0.3, 0.4) is 0 Å². The van der Waals surface area contributed by atoms with Gasteiger partial charge in [-0.05, 0) is 115 Å². The van der Waals surface area contributed by atoms with E-state index in [0.29, 0.717) is 0 Å². The summed E-state index contributed by atoms with van der Waals surface area (Å²) < 4.78 is 0. The van der Waals surface area contributed by atoms with E-state index in [-0.39, 0.29) is 5.41 Å². The van der Waals surface area contributed by atoms with Gasteiger partial charge < -0.3 is 4.90 Å². The van der Waals surface area contributed by atoms with Crippen molar-refractivity contribution in [3.63, 3.8) is 0 Å². The lowest BCUT2D eigenvalue weighted by atomic mass is 9.66. The summed E-state index contributed by atoms with van der Waals surface area (Å²) in [5.41, 5.74) is 22.2. The smallest absolute Gasteiger partial charge is 0.0939 e. The molecule has 2 aliphatic heterocycles. The fourth-order valence-corrected chi connectivity index (χ4v) is 13.5. The molecule has 4 heterocycles. The number of rotatable bonds is 1. The summed E-state index contributed by atoms with van der Waals surface area (Å²) in [5, 5.41) is 0. The van der Waals surface area contributed by atoms with Crippen molar-refractivity contribution in [3.8, 4) is 33.6 Å². The van der Waals surface area contributed by atoms with Gasteiger partial charge in [0, 0.05) is 27.0 Å². The number of hydrogen-bond donors (Lipinski definition) is 0. The second-order valence-corrected chi connectivity index (χ2v) is 18.7. The highest BCUT2D eigenvalue weighted by atomic mass is 32.2. The third kappa shape index (κ3) is 3.94. The van der Waals surface area contributed by atoms with Crippen molar-refractivity contribution in [3.05, 3.63) is 244 Å². The maximum atomic E-state index is 5.46. The van der Waals surface area contributed by atoms with Crippen LogP contribution < -0.4 is 4.90 Å². The Labute approximate surface area is 359 Å². The Hall–Kier alpha value is -7.01. The minimum atomic E-state index is -0.668. The molecule has 0 N–H and O–H groups in total. The fraction of sp³-hybridized carbons (Fsp3) is 0.0877. The molecular formula is C57H37N3S. The number of para-hydroxylation sites is 2. The van der Waals surface area contributed by atoms with Gasteiger partial charge >= 0.3 is 0 Å². The lowest BCUT2D eigenvalue weighted by Gasteiger charge is -2.43. The highest BCUT2D eigenvalue weighted by Gasteiger charge is 2.56. The maximum absolute atomic E-state index is 5.46. The van der Waals surface area contributed by atoms with E-state index in [1.807, 2.05) is 18.0 Å². The molecule has 7 aromatic carbocycles. The lowest BCUT2D eigenvalue weighted by Crippen LogP contribution is -2.33. The molecule has 9 aromatic rings. The van der Waals surface area contributed by atoms with Gasteiger partial charge in [0.15, 0.2) is 0 Å². The largest absolute Gasteiger partial charge is 0.308 e. The molecule has 61 heavy (non-hydrogen) atoms. The molecule has 0 amide bonds. The van der Waals surface area contributed by atoms with Crippen molar-refractivity contribution in [1.29, 1.82) is 0 Å². The van der Waals surface area contributed by atoms with Crippen molar-refractivity contribution < 1.29 is 0 Å². The topological polar surface area (TPSA) is 29.0 Å². The monoisotopic (exact) mass is 795 g/mol. The zero-order valence-corrected chi connectivity index (χ0v) is 34.5. The minimum Gasteiger partial charge on any atom is -0.308 e. The number of hydrogen-bond acceptors (Lipinski definition) is 4. The molecule has 4 heteroatoms. The molecule has 0 bridgehead atoms. The van der Waals surface area contributed by atoms with E-state index in [4.69, 9.17) is 9.97 Å². The zero-order valence-electron chi connectivity index (χ0n) is 33.6. The van der Waals surface area contributed by atoms with Crippen LogP contribution in [0, 0.1) is 0 Å². The number of pyridine rings is 2. The highest BCUT2D eigenvalue weighted by molar-refractivity contribution is 7.99. The molecule has 14 rings (SSSR count). The minimum absolute atomic E-state index is 0.165. The van der Waals surface area contributed by atoms with Gasteiger partial charge in [-0.25, -0.2) is 0 Å². The SMILES string of the molecule is CC1(C)c2ccccc2N(c2cnc3c(c2)C2(c4ccccc4Sc4cc5c(cc42)-c2ccccc2C52c4ccccc4-c4ccccc42)c2cccnc2-3)c2ccccc21. The van der Waals surface area contributed by atoms with Crippen LogP contribution in [-0.4, -0.2) is 9.97 Å². The first kappa shape index (κ1) is 33.8. The second kappa shape index (κ2) is 11.6. The molecule has 2 spiro atoms. The fourth-order valence-electron chi connectivity index (χ4n) is 12.2. The lowest BCUT2D eigenvalue weighted by molar-refractivity contribution is 0.631. The van der Waals surface area contributed by atoms with E-state index in [9.17, 15) is 0 Å². The van der Waals surface area contributed by atoms with Gasteiger partial charge in [-0.2, -0.15) is 0 Å². The van der Waals surface area contributed by atoms with E-state index in [1.54, 1.807) is 0 Å². The van der Waals surface area contributed by atoms with Gasteiger partial charge in [0.2, 0.25) is 0 Å². The summed E-state index contributed by atoms with van der Waals surface area (Å²) in [5.74, 6) is 0. The molecule has 1 unspecified atom stereocenters. The van der Waals surface area contributed by atoms with Gasteiger partial charge in [0.25, 0.3) is 0 Å². The van der Waals surface area contributed by atoms with Gasteiger partial charge in [0.1, 0.15) is 0 Å². The number of benzene rings is 7. The first-order chi connectivity index (χ1) is 30.0. The normalized spacial score (nSPS) is 17.9. The van der Waals surface area contributed by atoms with Crippen LogP contribution in [0.15, 0.2) is 198 Å². The Bertz CT molecular complexity index is 3320. The average molecular weight is 796 g/mol. The number of anilines is 3. The van der Waals surface area contributed by atoms with Crippen molar-refractivity contribution in [2.45, 2.75) is 39.9 Å². The van der Waals surface area contributed by atoms with E-state index >= 15 is 0 Å². The molecule has 5 aliphatic rings. The predicted molar refractivity (Wildman–Crippen MR) is 247 cm³/mol. The third-order valence-electron chi connectivity index (χ3n) is 14.6. The molecule has 0 saturated carbocycles. The Morgan fingerprint density at radius 2 is 0.902 bits per heavy atom. The molecule has 0 saturated heterocycles. The number of fused-ring (bicyclic) bond motifs is 21. The van der Waals surface area contributed by atoms with Crippen LogP contribution in [0.25, 0.3) is 33.6 Å². The summed E-state index contributed by atoms with van der Waals surface area (Å²) in [6.45, 7) is 4.69. The van der Waals surface area contributed by atoms with E-state index in [0.717, 1.165) is 17.1 Å². The van der Waals surface area contributed by atoms with Crippen LogP contribution in [0.2, 0.25) is 0 Å². The zero-order chi connectivity index (χ0) is 40.2. The number of nitrogens with zero attached hydrogens (tertiary/aromatic N) is 3. The summed E-state index contributed by atoms with van der Waals surface area (Å²) in [4.78, 5) is 15.6. The summed E-state index contributed by atoms with van der Waals surface area (Å²) in [6, 6.07) is 66.2. The highest BCUT2D eigenvalue weighted by Crippen LogP contribution is 2.67. The number of aromatic nitrogens is 2. The molecular weight excluding hydrogens is 759 g/mol. The van der Waals surface area contributed by atoms with Crippen LogP contribution in [0.1, 0.15) is 69.5 Å². The van der Waals surface area contributed by atoms with E-state index in [2.05, 4.69) is 201 Å². The quantitative estimate of drug-likeness (QED) is 0.165. The summed E-state index contributed by atoms with van der Waals surface area (Å²) in [7, 11) is 0. The molecule has 0 radical (unpaired) electrons. The molecule has 3 nitrogen and oxygen atoms in total.